The highest BCUT2D eigenvalue weighted by Crippen LogP contribution is 2.32. The zero-order valence-electron chi connectivity index (χ0n) is 12.4. The van der Waals surface area contributed by atoms with Crippen LogP contribution in [-0.2, 0) is 0 Å². The van der Waals surface area contributed by atoms with E-state index in [1.165, 1.54) is 37.7 Å². The molecule has 1 fully saturated rings. The fourth-order valence-corrected chi connectivity index (χ4v) is 3.18. The molecule has 3 rings (SSSR count). The number of nitrogens with one attached hydrogen (secondary N) is 1. The predicted octanol–water partition coefficient (Wildman–Crippen LogP) is 3.69. The smallest absolute Gasteiger partial charge is 0.161 e. The summed E-state index contributed by atoms with van der Waals surface area (Å²) in [5, 5.41) is 3.68. The molecule has 1 aliphatic heterocycles. The van der Waals surface area contributed by atoms with Gasteiger partial charge in [-0.1, -0.05) is 25.3 Å². The van der Waals surface area contributed by atoms with Crippen LogP contribution in [-0.4, -0.2) is 19.8 Å². The van der Waals surface area contributed by atoms with Crippen molar-refractivity contribution >= 4 is 0 Å². The summed E-state index contributed by atoms with van der Waals surface area (Å²) in [5.74, 6) is 2.63. The second-order valence-corrected chi connectivity index (χ2v) is 6.04. The van der Waals surface area contributed by atoms with Gasteiger partial charge in [-0.05, 0) is 49.9 Å². The fourth-order valence-electron chi connectivity index (χ4n) is 3.18. The lowest BCUT2D eigenvalue weighted by Gasteiger charge is -2.25. The lowest BCUT2D eigenvalue weighted by Crippen LogP contribution is -2.27. The van der Waals surface area contributed by atoms with E-state index in [-0.39, 0.29) is 0 Å². The fraction of sp³-hybridized carbons (Fsp3) is 0.647. The summed E-state index contributed by atoms with van der Waals surface area (Å²) in [4.78, 5) is 0. The Bertz CT molecular complexity index is 441. The molecule has 1 saturated carbocycles. The minimum Gasteiger partial charge on any atom is -0.486 e. The number of ether oxygens (including phenoxy) is 2. The monoisotopic (exact) mass is 275 g/mol. The highest BCUT2D eigenvalue weighted by Gasteiger charge is 2.17. The minimum absolute atomic E-state index is 0.368. The van der Waals surface area contributed by atoms with Gasteiger partial charge in [0.2, 0.25) is 0 Å². The van der Waals surface area contributed by atoms with Crippen LogP contribution in [0.3, 0.4) is 0 Å². The summed E-state index contributed by atoms with van der Waals surface area (Å²) in [6.07, 6.45) is 7.02. The van der Waals surface area contributed by atoms with Crippen molar-refractivity contribution in [2.45, 2.75) is 45.1 Å². The van der Waals surface area contributed by atoms with Crippen molar-refractivity contribution in [3.8, 4) is 11.5 Å². The quantitative estimate of drug-likeness (QED) is 0.909. The zero-order chi connectivity index (χ0) is 13.8. The molecule has 20 heavy (non-hydrogen) atoms. The predicted molar refractivity (Wildman–Crippen MR) is 80.4 cm³/mol. The highest BCUT2D eigenvalue weighted by molar-refractivity contribution is 5.44. The van der Waals surface area contributed by atoms with Crippen molar-refractivity contribution in [1.29, 1.82) is 0 Å². The first-order chi connectivity index (χ1) is 9.83. The Hall–Kier alpha value is -1.22. The SMILES string of the molecule is CC(NCC1CCCCC1)c1ccc2c(c1)OCCO2. The van der Waals surface area contributed by atoms with Gasteiger partial charge in [0.05, 0.1) is 0 Å². The maximum absolute atomic E-state index is 5.66. The number of benzene rings is 1. The lowest BCUT2D eigenvalue weighted by molar-refractivity contribution is 0.171. The van der Waals surface area contributed by atoms with Crippen LogP contribution in [0, 0.1) is 5.92 Å². The van der Waals surface area contributed by atoms with Gasteiger partial charge in [-0.25, -0.2) is 0 Å². The molecule has 0 saturated heterocycles. The van der Waals surface area contributed by atoms with E-state index in [0.29, 0.717) is 19.3 Å². The Kier molecular flexibility index (Phi) is 4.46. The molecule has 0 amide bonds. The Morgan fingerprint density at radius 3 is 2.65 bits per heavy atom. The average molecular weight is 275 g/mol. The molecular formula is C17H25NO2. The van der Waals surface area contributed by atoms with Crippen LogP contribution >= 0.6 is 0 Å². The second kappa shape index (κ2) is 6.49. The first-order valence-corrected chi connectivity index (χ1v) is 7.96. The Labute approximate surface area is 121 Å². The minimum atomic E-state index is 0.368. The number of hydrogen-bond donors (Lipinski definition) is 1. The zero-order valence-corrected chi connectivity index (χ0v) is 12.4. The first kappa shape index (κ1) is 13.7. The molecule has 1 unspecified atom stereocenters. The van der Waals surface area contributed by atoms with Crippen LogP contribution in [0.4, 0.5) is 0 Å². The largest absolute Gasteiger partial charge is 0.486 e. The van der Waals surface area contributed by atoms with Crippen molar-refractivity contribution in [1.82, 2.24) is 5.32 Å². The van der Waals surface area contributed by atoms with Crippen molar-refractivity contribution in [3.63, 3.8) is 0 Å². The van der Waals surface area contributed by atoms with E-state index < -0.39 is 0 Å². The Morgan fingerprint density at radius 1 is 1.10 bits per heavy atom. The third-order valence-electron chi connectivity index (χ3n) is 4.50. The summed E-state index contributed by atoms with van der Waals surface area (Å²) in [6.45, 7) is 4.67. The van der Waals surface area contributed by atoms with Gasteiger partial charge in [-0.15, -0.1) is 0 Å². The van der Waals surface area contributed by atoms with Gasteiger partial charge in [0.15, 0.2) is 11.5 Å². The summed E-state index contributed by atoms with van der Waals surface area (Å²) in [5.41, 5.74) is 1.28. The van der Waals surface area contributed by atoms with Gasteiger partial charge in [-0.2, -0.15) is 0 Å². The van der Waals surface area contributed by atoms with E-state index >= 15 is 0 Å². The summed E-state index contributed by atoms with van der Waals surface area (Å²) >= 11 is 0. The van der Waals surface area contributed by atoms with Gasteiger partial charge in [0.25, 0.3) is 0 Å². The van der Waals surface area contributed by atoms with Gasteiger partial charge in [-0.3, -0.25) is 0 Å². The molecule has 110 valence electrons. The van der Waals surface area contributed by atoms with Crippen LogP contribution in [0.5, 0.6) is 11.5 Å². The Balaban J connectivity index is 1.57. The van der Waals surface area contributed by atoms with E-state index in [1.807, 2.05) is 6.07 Å². The maximum atomic E-state index is 5.66. The normalized spacial score (nSPS) is 20.6. The van der Waals surface area contributed by atoms with Crippen molar-refractivity contribution < 1.29 is 9.47 Å². The molecule has 1 heterocycles. The van der Waals surface area contributed by atoms with E-state index in [9.17, 15) is 0 Å². The van der Waals surface area contributed by atoms with E-state index in [1.54, 1.807) is 0 Å². The third-order valence-corrected chi connectivity index (χ3v) is 4.50. The van der Waals surface area contributed by atoms with Crippen LogP contribution in [0.2, 0.25) is 0 Å². The molecule has 0 bridgehead atoms. The molecule has 2 aliphatic rings. The molecule has 3 nitrogen and oxygen atoms in total. The molecule has 3 heteroatoms. The number of rotatable bonds is 4. The van der Waals surface area contributed by atoms with Gasteiger partial charge in [0.1, 0.15) is 13.2 Å². The van der Waals surface area contributed by atoms with Gasteiger partial charge < -0.3 is 14.8 Å². The molecule has 0 radical (unpaired) electrons. The molecule has 1 atom stereocenters. The number of hydrogen-bond acceptors (Lipinski definition) is 3. The average Bonchev–Trinajstić information content (AvgIpc) is 2.53. The lowest BCUT2D eigenvalue weighted by atomic mass is 9.89. The Morgan fingerprint density at radius 2 is 1.85 bits per heavy atom. The van der Waals surface area contributed by atoms with Crippen LogP contribution in [0.1, 0.15) is 50.6 Å². The summed E-state index contributed by atoms with van der Waals surface area (Å²) < 4.78 is 11.2. The van der Waals surface area contributed by atoms with Crippen molar-refractivity contribution in [3.05, 3.63) is 23.8 Å². The van der Waals surface area contributed by atoms with Crippen LogP contribution in [0.25, 0.3) is 0 Å². The number of fused-ring (bicyclic) bond motifs is 1. The van der Waals surface area contributed by atoms with Gasteiger partial charge >= 0.3 is 0 Å². The second-order valence-electron chi connectivity index (χ2n) is 6.04. The molecule has 1 aromatic carbocycles. The highest BCUT2D eigenvalue weighted by atomic mass is 16.6. The topological polar surface area (TPSA) is 30.5 Å². The van der Waals surface area contributed by atoms with Crippen LogP contribution < -0.4 is 14.8 Å². The third kappa shape index (κ3) is 3.26. The molecule has 1 aromatic rings. The molecule has 0 spiro atoms. The van der Waals surface area contributed by atoms with Gasteiger partial charge in [0, 0.05) is 6.04 Å². The summed E-state index contributed by atoms with van der Waals surface area (Å²) in [6, 6.07) is 6.66. The standard InChI is InChI=1S/C17H25NO2/c1-13(18-12-14-5-3-2-4-6-14)15-7-8-16-17(11-15)20-10-9-19-16/h7-8,11,13-14,18H,2-6,9-10,12H2,1H3. The maximum Gasteiger partial charge on any atom is 0.161 e. The molecule has 1 aliphatic carbocycles. The molecule has 0 aromatic heterocycles. The van der Waals surface area contributed by atoms with Crippen LogP contribution in [0.15, 0.2) is 18.2 Å². The van der Waals surface area contributed by atoms with E-state index in [4.69, 9.17) is 9.47 Å². The van der Waals surface area contributed by atoms with Crippen molar-refractivity contribution in [2.24, 2.45) is 5.92 Å². The van der Waals surface area contributed by atoms with E-state index in [0.717, 1.165) is 24.0 Å². The molecule has 1 N–H and O–H groups in total. The van der Waals surface area contributed by atoms with E-state index in [2.05, 4.69) is 24.4 Å². The first-order valence-electron chi connectivity index (χ1n) is 7.96. The summed E-state index contributed by atoms with van der Waals surface area (Å²) in [7, 11) is 0. The van der Waals surface area contributed by atoms with Crippen molar-refractivity contribution in [2.75, 3.05) is 19.8 Å². The molecular weight excluding hydrogens is 250 g/mol.